The van der Waals surface area contributed by atoms with Crippen LogP contribution in [-0.4, -0.2) is 39.1 Å². The lowest BCUT2D eigenvalue weighted by Gasteiger charge is -2.15. The fraction of sp³-hybridized carbons (Fsp3) is 0.250. The summed E-state index contributed by atoms with van der Waals surface area (Å²) < 4.78 is 0.707. The van der Waals surface area contributed by atoms with E-state index in [1.165, 1.54) is 11.3 Å². The van der Waals surface area contributed by atoms with Crippen molar-refractivity contribution in [1.29, 1.82) is 0 Å². The van der Waals surface area contributed by atoms with Gasteiger partial charge in [-0.25, -0.2) is 9.97 Å². The molecule has 0 aliphatic carbocycles. The van der Waals surface area contributed by atoms with Crippen molar-refractivity contribution in [2.24, 2.45) is 0 Å². The van der Waals surface area contributed by atoms with Gasteiger partial charge in [0.15, 0.2) is 5.69 Å². The van der Waals surface area contributed by atoms with E-state index in [0.717, 1.165) is 5.56 Å². The fourth-order valence-electron chi connectivity index (χ4n) is 2.28. The van der Waals surface area contributed by atoms with Gasteiger partial charge in [0.05, 0.1) is 27.9 Å². The third kappa shape index (κ3) is 4.04. The van der Waals surface area contributed by atoms with E-state index in [9.17, 15) is 4.79 Å². The van der Waals surface area contributed by atoms with Crippen LogP contribution in [-0.2, 0) is 0 Å². The molecule has 0 aromatic carbocycles. The van der Waals surface area contributed by atoms with Gasteiger partial charge in [0.2, 0.25) is 5.95 Å². The van der Waals surface area contributed by atoms with E-state index in [1.807, 2.05) is 24.4 Å². The van der Waals surface area contributed by atoms with Gasteiger partial charge in [-0.1, -0.05) is 11.6 Å². The Kier molecular flexibility index (Phi) is 5.42. The molecule has 0 saturated carbocycles. The summed E-state index contributed by atoms with van der Waals surface area (Å²) >= 11 is 7.38. The smallest absolute Gasteiger partial charge is 0.271 e. The van der Waals surface area contributed by atoms with Gasteiger partial charge in [-0.2, -0.15) is 0 Å². The first-order valence-electron chi connectivity index (χ1n) is 7.59. The molecule has 0 bridgehead atoms. The zero-order valence-corrected chi connectivity index (χ0v) is 14.9. The van der Waals surface area contributed by atoms with Crippen LogP contribution in [0.3, 0.4) is 0 Å². The predicted octanol–water partition coefficient (Wildman–Crippen LogP) is 2.63. The lowest BCUT2D eigenvalue weighted by atomic mass is 10.1. The number of aliphatic hydroxyl groups is 1. The summed E-state index contributed by atoms with van der Waals surface area (Å²) in [5.41, 5.74) is 1.85. The molecule has 3 N–H and O–H groups in total. The van der Waals surface area contributed by atoms with Gasteiger partial charge in [-0.05, 0) is 30.0 Å². The maximum atomic E-state index is 12.3. The number of thiophene rings is 1. The number of carbonyl (C=O) groups is 1. The summed E-state index contributed by atoms with van der Waals surface area (Å²) in [7, 11) is 0. The summed E-state index contributed by atoms with van der Waals surface area (Å²) in [5, 5.41) is 17.1. The maximum absolute atomic E-state index is 12.3. The van der Waals surface area contributed by atoms with Crippen LogP contribution in [0.25, 0.3) is 10.2 Å². The molecule has 0 saturated heterocycles. The Morgan fingerprint density at radius 3 is 3.00 bits per heavy atom. The van der Waals surface area contributed by atoms with Crippen molar-refractivity contribution in [3.63, 3.8) is 0 Å². The third-order valence-electron chi connectivity index (χ3n) is 3.49. The lowest BCUT2D eigenvalue weighted by molar-refractivity contribution is 0.0942. The summed E-state index contributed by atoms with van der Waals surface area (Å²) in [6.45, 7) is 1.97. The van der Waals surface area contributed by atoms with Crippen molar-refractivity contribution >= 4 is 45.0 Å². The van der Waals surface area contributed by atoms with E-state index in [0.29, 0.717) is 21.2 Å². The van der Waals surface area contributed by atoms with Crippen LogP contribution in [0.2, 0.25) is 5.02 Å². The van der Waals surface area contributed by atoms with Crippen LogP contribution in [0, 0.1) is 0 Å². The van der Waals surface area contributed by atoms with Gasteiger partial charge in [-0.15, -0.1) is 11.3 Å². The summed E-state index contributed by atoms with van der Waals surface area (Å²) in [5.74, 6) is -0.00320. The zero-order valence-electron chi connectivity index (χ0n) is 13.4. The van der Waals surface area contributed by atoms with Crippen molar-refractivity contribution in [1.82, 2.24) is 20.3 Å². The second-order valence-corrected chi connectivity index (χ2v) is 6.67. The highest BCUT2D eigenvalue weighted by atomic mass is 35.5. The Morgan fingerprint density at radius 2 is 2.24 bits per heavy atom. The zero-order chi connectivity index (χ0) is 17.8. The lowest BCUT2D eigenvalue weighted by Crippen LogP contribution is -2.27. The minimum absolute atomic E-state index is 0.131. The molecule has 0 spiro atoms. The largest absolute Gasteiger partial charge is 0.395 e. The van der Waals surface area contributed by atoms with Gasteiger partial charge in [0, 0.05) is 18.9 Å². The van der Waals surface area contributed by atoms with Gasteiger partial charge < -0.3 is 15.7 Å². The Labute approximate surface area is 153 Å². The molecule has 0 fully saturated rings. The number of amides is 1. The van der Waals surface area contributed by atoms with Crippen LogP contribution in [0.4, 0.5) is 5.95 Å². The average molecular weight is 378 g/mol. The van der Waals surface area contributed by atoms with Crippen molar-refractivity contribution in [2.75, 3.05) is 18.5 Å². The highest BCUT2D eigenvalue weighted by Gasteiger charge is 2.17. The van der Waals surface area contributed by atoms with Gasteiger partial charge >= 0.3 is 0 Å². The Morgan fingerprint density at radius 1 is 1.40 bits per heavy atom. The van der Waals surface area contributed by atoms with Gasteiger partial charge in [0.25, 0.3) is 5.91 Å². The quantitative estimate of drug-likeness (QED) is 0.610. The molecule has 0 aliphatic rings. The number of halogens is 1. The number of nitrogens with one attached hydrogen (secondary N) is 2. The number of anilines is 1. The van der Waals surface area contributed by atoms with Gasteiger partial charge in [0.1, 0.15) is 0 Å². The molecule has 7 nitrogen and oxygen atoms in total. The number of pyridine rings is 1. The van der Waals surface area contributed by atoms with Crippen LogP contribution < -0.4 is 10.6 Å². The third-order valence-corrected chi connectivity index (χ3v) is 4.60. The highest BCUT2D eigenvalue weighted by Crippen LogP contribution is 2.25. The molecule has 25 heavy (non-hydrogen) atoms. The SMILES string of the molecule is C[C@H](Nc1nc(C(=O)NCCO)c2sccc2n1)c1cncc(Cl)c1. The average Bonchev–Trinajstić information content (AvgIpc) is 3.07. The molecule has 1 amide bonds. The normalized spacial score (nSPS) is 12.1. The number of hydrogen-bond donors (Lipinski definition) is 3. The van der Waals surface area contributed by atoms with Crippen molar-refractivity contribution in [2.45, 2.75) is 13.0 Å². The van der Waals surface area contributed by atoms with Crippen LogP contribution in [0.1, 0.15) is 29.0 Å². The standard InChI is InChI=1S/C16H16ClN5O2S/c1-9(10-6-11(17)8-18-7-10)20-16-21-12-2-5-25-14(12)13(22-16)15(24)19-3-4-23/h2,5-9,23H,3-4H2,1H3,(H,19,24)(H,20,21,22)/t9-/m0/s1. The number of aromatic nitrogens is 3. The molecule has 3 rings (SSSR count). The van der Waals surface area contributed by atoms with E-state index in [4.69, 9.17) is 16.7 Å². The van der Waals surface area contributed by atoms with E-state index >= 15 is 0 Å². The van der Waals surface area contributed by atoms with Crippen LogP contribution >= 0.6 is 22.9 Å². The molecule has 1 atom stereocenters. The number of nitrogens with zero attached hydrogens (tertiary/aromatic N) is 3. The molecular formula is C16H16ClN5O2S. The number of hydrogen-bond acceptors (Lipinski definition) is 7. The van der Waals surface area contributed by atoms with Crippen molar-refractivity contribution in [3.05, 3.63) is 46.2 Å². The highest BCUT2D eigenvalue weighted by molar-refractivity contribution is 7.17. The fourth-order valence-corrected chi connectivity index (χ4v) is 3.28. The summed E-state index contributed by atoms with van der Waals surface area (Å²) in [4.78, 5) is 25.2. The van der Waals surface area contributed by atoms with E-state index in [-0.39, 0.29) is 30.8 Å². The van der Waals surface area contributed by atoms with Crippen LogP contribution in [0.5, 0.6) is 0 Å². The van der Waals surface area contributed by atoms with Crippen LogP contribution in [0.15, 0.2) is 29.9 Å². The molecule has 0 radical (unpaired) electrons. The number of rotatable bonds is 6. The topological polar surface area (TPSA) is 100 Å². The summed E-state index contributed by atoms with van der Waals surface area (Å²) in [6.07, 6.45) is 3.27. The van der Waals surface area contributed by atoms with E-state index in [2.05, 4.69) is 25.6 Å². The molecule has 0 unspecified atom stereocenters. The molecule has 0 aliphatic heterocycles. The second-order valence-electron chi connectivity index (χ2n) is 5.31. The van der Waals surface area contributed by atoms with Crippen molar-refractivity contribution < 1.29 is 9.90 Å². The Balaban J connectivity index is 1.90. The van der Waals surface area contributed by atoms with Gasteiger partial charge in [-0.3, -0.25) is 9.78 Å². The van der Waals surface area contributed by atoms with E-state index < -0.39 is 0 Å². The molecule has 130 valence electrons. The predicted molar refractivity (Wildman–Crippen MR) is 98.1 cm³/mol. The molecule has 3 aromatic rings. The first-order valence-corrected chi connectivity index (χ1v) is 8.85. The first kappa shape index (κ1) is 17.5. The second kappa shape index (κ2) is 7.73. The summed E-state index contributed by atoms with van der Waals surface area (Å²) in [6, 6.07) is 3.50. The first-order chi connectivity index (χ1) is 12.1. The van der Waals surface area contributed by atoms with E-state index in [1.54, 1.807) is 12.4 Å². The number of fused-ring (bicyclic) bond motifs is 1. The molecule has 3 aromatic heterocycles. The Hall–Kier alpha value is -2.29. The minimum atomic E-state index is -0.343. The number of aliphatic hydroxyl groups excluding tert-OH is 1. The number of carbonyl (C=O) groups excluding carboxylic acids is 1. The molecule has 3 heterocycles. The minimum Gasteiger partial charge on any atom is -0.395 e. The maximum Gasteiger partial charge on any atom is 0.271 e. The Bertz CT molecular complexity index is 901. The molecular weight excluding hydrogens is 362 g/mol. The molecule has 9 heteroatoms. The van der Waals surface area contributed by atoms with Crippen molar-refractivity contribution in [3.8, 4) is 0 Å². The monoisotopic (exact) mass is 377 g/mol.